The monoisotopic (exact) mass is 440 g/mol. The van der Waals surface area contributed by atoms with Gasteiger partial charge in [0.1, 0.15) is 0 Å². The molecule has 32 heavy (non-hydrogen) atoms. The maximum absolute atomic E-state index is 13.0. The molecule has 172 valence electrons. The molecule has 2 amide bonds. The van der Waals surface area contributed by atoms with Crippen LogP contribution in [0.3, 0.4) is 0 Å². The number of hydrogen-bond donors (Lipinski definition) is 3. The number of hydrogen-bond acceptors (Lipinski definition) is 6. The van der Waals surface area contributed by atoms with Crippen molar-refractivity contribution in [2.24, 2.45) is 5.92 Å². The summed E-state index contributed by atoms with van der Waals surface area (Å²) < 4.78 is 0. The first-order chi connectivity index (χ1) is 15.3. The lowest BCUT2D eigenvalue weighted by atomic mass is 10.1. The minimum atomic E-state index is -0.400. The Labute approximate surface area is 188 Å². The summed E-state index contributed by atoms with van der Waals surface area (Å²) in [5.41, 5.74) is 7.35. The summed E-state index contributed by atoms with van der Waals surface area (Å²) in [7, 11) is 0. The molecular weight excluding hydrogens is 408 g/mol. The lowest BCUT2D eigenvalue weighted by Crippen LogP contribution is -2.40. The van der Waals surface area contributed by atoms with Gasteiger partial charge < -0.3 is 20.9 Å². The first-order valence-electron chi connectivity index (χ1n) is 11.1. The number of nitrogen functional groups attached to an aromatic ring is 1. The number of aromatic amines is 1. The number of para-hydroxylation sites is 1. The van der Waals surface area contributed by atoms with E-state index in [0.29, 0.717) is 45.6 Å². The first-order valence-corrected chi connectivity index (χ1v) is 11.1. The zero-order valence-electron chi connectivity index (χ0n) is 18.8. The molecule has 4 N–H and O–H groups in total. The van der Waals surface area contributed by atoms with Gasteiger partial charge in [0.2, 0.25) is 11.8 Å². The predicted molar refractivity (Wildman–Crippen MR) is 124 cm³/mol. The number of nitrogens with one attached hydrogen (secondary N) is 2. The summed E-state index contributed by atoms with van der Waals surface area (Å²) >= 11 is 0. The van der Waals surface area contributed by atoms with E-state index in [9.17, 15) is 14.4 Å². The van der Waals surface area contributed by atoms with E-state index in [2.05, 4.69) is 15.3 Å². The van der Waals surface area contributed by atoms with Crippen LogP contribution >= 0.6 is 0 Å². The molecule has 0 bridgehead atoms. The molecule has 2 aromatic rings. The average molecular weight is 441 g/mol. The van der Waals surface area contributed by atoms with Crippen LogP contribution in [0, 0.1) is 5.92 Å². The molecule has 0 radical (unpaired) electrons. The van der Waals surface area contributed by atoms with Gasteiger partial charge in [-0.3, -0.25) is 19.4 Å². The van der Waals surface area contributed by atoms with Gasteiger partial charge in [0.05, 0.1) is 6.42 Å². The van der Waals surface area contributed by atoms with Crippen molar-refractivity contribution >= 4 is 23.5 Å². The number of amides is 2. The van der Waals surface area contributed by atoms with Gasteiger partial charge in [0.15, 0.2) is 5.95 Å². The quantitative estimate of drug-likeness (QED) is 0.658. The molecule has 2 heterocycles. The van der Waals surface area contributed by atoms with E-state index in [0.717, 1.165) is 11.3 Å². The van der Waals surface area contributed by atoms with Crippen LogP contribution in [0.25, 0.3) is 0 Å². The van der Waals surface area contributed by atoms with Crippen LogP contribution in [-0.4, -0.2) is 52.9 Å². The number of benzene rings is 1. The largest absolute Gasteiger partial charge is 0.369 e. The van der Waals surface area contributed by atoms with Crippen LogP contribution in [0.5, 0.6) is 0 Å². The number of nitrogens with two attached hydrogens (primary N) is 1. The van der Waals surface area contributed by atoms with Gasteiger partial charge in [-0.05, 0) is 24.0 Å². The highest BCUT2D eigenvalue weighted by atomic mass is 16.2. The smallest absolute Gasteiger partial charge is 0.255 e. The van der Waals surface area contributed by atoms with Gasteiger partial charge in [-0.15, -0.1) is 0 Å². The Kier molecular flexibility index (Phi) is 7.99. The van der Waals surface area contributed by atoms with Gasteiger partial charge in [-0.2, -0.15) is 0 Å². The molecule has 0 atom stereocenters. The van der Waals surface area contributed by atoms with Gasteiger partial charge >= 0.3 is 0 Å². The number of carbonyl (C=O) groups excluding carboxylic acids is 2. The minimum absolute atomic E-state index is 0.0244. The molecule has 1 aliphatic heterocycles. The van der Waals surface area contributed by atoms with Crippen LogP contribution in [-0.2, 0) is 22.6 Å². The topological polar surface area (TPSA) is 124 Å². The van der Waals surface area contributed by atoms with Crippen molar-refractivity contribution in [3.8, 4) is 0 Å². The molecule has 3 rings (SSSR count). The van der Waals surface area contributed by atoms with Gasteiger partial charge in [-0.25, -0.2) is 4.98 Å². The normalized spacial score (nSPS) is 15.2. The van der Waals surface area contributed by atoms with E-state index in [1.54, 1.807) is 4.90 Å². The Morgan fingerprint density at radius 3 is 2.69 bits per heavy atom. The van der Waals surface area contributed by atoms with E-state index in [4.69, 9.17) is 5.73 Å². The van der Waals surface area contributed by atoms with E-state index in [1.165, 1.54) is 6.20 Å². The third-order valence-electron chi connectivity index (χ3n) is 5.44. The standard InChI is InChI=1S/C23H32N6O3/c1-16(2)12-21(31)29-10-5-9-28(11-8-25-14-17-6-3-4-7-19(17)29)20(30)13-18-15-26-23(24)27-22(18)32/h3-4,6-7,15-16,25H,5,8-14H2,1-2H3,(H3,24,26,27,32). The second-order valence-electron chi connectivity index (χ2n) is 8.48. The third-order valence-corrected chi connectivity index (χ3v) is 5.44. The van der Waals surface area contributed by atoms with E-state index < -0.39 is 5.56 Å². The Bertz CT molecular complexity index is 1000. The predicted octanol–water partition coefficient (Wildman–Crippen LogP) is 1.30. The van der Waals surface area contributed by atoms with Crippen molar-refractivity contribution < 1.29 is 9.59 Å². The molecule has 1 aliphatic rings. The molecule has 0 saturated heterocycles. The molecule has 0 unspecified atom stereocenters. The summed E-state index contributed by atoms with van der Waals surface area (Å²) in [6.07, 6.45) is 2.41. The van der Waals surface area contributed by atoms with E-state index in [1.807, 2.05) is 43.0 Å². The second-order valence-corrected chi connectivity index (χ2v) is 8.48. The van der Waals surface area contributed by atoms with Crippen LogP contribution in [0.4, 0.5) is 11.6 Å². The molecule has 0 saturated carbocycles. The molecule has 0 spiro atoms. The first kappa shape index (κ1) is 23.5. The van der Waals surface area contributed by atoms with Crippen molar-refractivity contribution in [2.75, 3.05) is 36.8 Å². The van der Waals surface area contributed by atoms with Gasteiger partial charge in [0.25, 0.3) is 5.56 Å². The van der Waals surface area contributed by atoms with Crippen molar-refractivity contribution in [3.05, 3.63) is 51.9 Å². The van der Waals surface area contributed by atoms with Crippen molar-refractivity contribution in [1.29, 1.82) is 0 Å². The molecular formula is C23H32N6O3. The highest BCUT2D eigenvalue weighted by molar-refractivity contribution is 5.94. The summed E-state index contributed by atoms with van der Waals surface area (Å²) in [6, 6.07) is 7.93. The van der Waals surface area contributed by atoms with Crippen LogP contribution in [0.15, 0.2) is 35.3 Å². The fourth-order valence-electron chi connectivity index (χ4n) is 3.82. The number of rotatable bonds is 4. The minimum Gasteiger partial charge on any atom is -0.369 e. The lowest BCUT2D eigenvalue weighted by molar-refractivity contribution is -0.130. The average Bonchev–Trinajstić information content (AvgIpc) is 2.78. The Morgan fingerprint density at radius 1 is 1.16 bits per heavy atom. The van der Waals surface area contributed by atoms with Crippen LogP contribution in [0.2, 0.25) is 0 Å². The molecule has 0 fully saturated rings. The van der Waals surface area contributed by atoms with Crippen LogP contribution in [0.1, 0.15) is 37.8 Å². The van der Waals surface area contributed by atoms with E-state index in [-0.39, 0.29) is 35.7 Å². The second kappa shape index (κ2) is 10.9. The Morgan fingerprint density at radius 2 is 1.94 bits per heavy atom. The Balaban J connectivity index is 1.76. The lowest BCUT2D eigenvalue weighted by Gasteiger charge is -2.27. The van der Waals surface area contributed by atoms with Crippen molar-refractivity contribution in [3.63, 3.8) is 0 Å². The fraction of sp³-hybridized carbons (Fsp3) is 0.478. The maximum Gasteiger partial charge on any atom is 0.255 e. The van der Waals surface area contributed by atoms with Gasteiger partial charge in [0, 0.05) is 56.6 Å². The maximum atomic E-state index is 13.0. The summed E-state index contributed by atoms with van der Waals surface area (Å²) in [4.78, 5) is 47.9. The zero-order chi connectivity index (χ0) is 23.1. The summed E-state index contributed by atoms with van der Waals surface area (Å²) in [6.45, 7) is 6.81. The number of carbonyl (C=O) groups is 2. The summed E-state index contributed by atoms with van der Waals surface area (Å²) in [5.74, 6) is 0.219. The van der Waals surface area contributed by atoms with Crippen molar-refractivity contribution in [1.82, 2.24) is 20.2 Å². The number of H-pyrrole nitrogens is 1. The van der Waals surface area contributed by atoms with Crippen molar-refractivity contribution in [2.45, 2.75) is 39.7 Å². The number of aromatic nitrogens is 2. The SMILES string of the molecule is CC(C)CC(=O)N1CCCN(C(=O)Cc2cnc(N)[nH]c2=O)CCNCc2ccccc21. The van der Waals surface area contributed by atoms with Gasteiger partial charge in [-0.1, -0.05) is 32.0 Å². The molecule has 9 nitrogen and oxygen atoms in total. The number of anilines is 2. The highest BCUT2D eigenvalue weighted by Gasteiger charge is 2.22. The third kappa shape index (κ3) is 6.16. The summed E-state index contributed by atoms with van der Waals surface area (Å²) in [5, 5.41) is 3.38. The zero-order valence-corrected chi connectivity index (χ0v) is 18.8. The molecule has 0 aliphatic carbocycles. The molecule has 1 aromatic carbocycles. The number of fused-ring (bicyclic) bond motifs is 1. The molecule has 9 heteroatoms. The molecule has 1 aromatic heterocycles. The highest BCUT2D eigenvalue weighted by Crippen LogP contribution is 2.23. The Hall–Kier alpha value is -3.20. The number of nitrogens with zero attached hydrogens (tertiary/aromatic N) is 3. The van der Waals surface area contributed by atoms with Crippen LogP contribution < -0.4 is 21.5 Å². The van der Waals surface area contributed by atoms with E-state index >= 15 is 0 Å². The fourth-order valence-corrected chi connectivity index (χ4v) is 3.82.